The number of unbranched alkanes of at least 4 members (excludes halogenated alkanes) is 1. The second kappa shape index (κ2) is 7.62. The molecule has 0 fully saturated rings. The smallest absolute Gasteiger partial charge is 0.302 e. The first-order valence-corrected chi connectivity index (χ1v) is 6.92. The van der Waals surface area contributed by atoms with Gasteiger partial charge in [0.1, 0.15) is 11.9 Å². The summed E-state index contributed by atoms with van der Waals surface area (Å²) in [6.07, 6.45) is 1.93. The number of esters is 1. The molecule has 0 aliphatic rings. The van der Waals surface area contributed by atoms with Crippen LogP contribution in [0.25, 0.3) is 0 Å². The van der Waals surface area contributed by atoms with Gasteiger partial charge >= 0.3 is 5.97 Å². The third-order valence-electron chi connectivity index (χ3n) is 2.08. The fraction of sp³-hybridized carbons (Fsp3) is 0.900. The molecule has 0 aromatic carbocycles. The summed E-state index contributed by atoms with van der Waals surface area (Å²) in [5.41, 5.74) is 0. The van der Waals surface area contributed by atoms with Crippen LogP contribution in [0.4, 0.5) is 0 Å². The van der Waals surface area contributed by atoms with Gasteiger partial charge in [0.2, 0.25) is 0 Å². The van der Waals surface area contributed by atoms with E-state index in [1.54, 1.807) is 6.92 Å². The van der Waals surface area contributed by atoms with E-state index >= 15 is 0 Å². The molecule has 16 heavy (non-hydrogen) atoms. The Morgan fingerprint density at radius 1 is 1.31 bits per heavy atom. The standard InChI is InChI=1S/C10H20O5S/c1-4-6-7-15-16(12,13)10(5-2)8-14-9(3)11/h10H,4-8H2,1-3H3. The molecule has 0 spiro atoms. The van der Waals surface area contributed by atoms with E-state index in [0.717, 1.165) is 6.42 Å². The van der Waals surface area contributed by atoms with Crippen LogP contribution in [0.5, 0.6) is 0 Å². The van der Waals surface area contributed by atoms with Gasteiger partial charge in [0.25, 0.3) is 10.1 Å². The van der Waals surface area contributed by atoms with Gasteiger partial charge in [-0.25, -0.2) is 0 Å². The van der Waals surface area contributed by atoms with Gasteiger partial charge in [-0.05, 0) is 12.8 Å². The molecule has 0 amide bonds. The Morgan fingerprint density at radius 3 is 2.38 bits per heavy atom. The van der Waals surface area contributed by atoms with E-state index in [0.29, 0.717) is 12.8 Å². The Balaban J connectivity index is 4.25. The zero-order chi connectivity index (χ0) is 12.6. The van der Waals surface area contributed by atoms with Gasteiger partial charge in [0.05, 0.1) is 6.61 Å². The van der Waals surface area contributed by atoms with Crippen molar-refractivity contribution in [1.82, 2.24) is 0 Å². The molecule has 0 aliphatic carbocycles. The van der Waals surface area contributed by atoms with Crippen molar-refractivity contribution < 1.29 is 22.1 Å². The minimum atomic E-state index is -3.62. The van der Waals surface area contributed by atoms with E-state index in [9.17, 15) is 13.2 Å². The maximum Gasteiger partial charge on any atom is 0.302 e. The quantitative estimate of drug-likeness (QED) is 0.372. The summed E-state index contributed by atoms with van der Waals surface area (Å²) in [4.78, 5) is 10.6. The van der Waals surface area contributed by atoms with Crippen molar-refractivity contribution >= 4 is 16.1 Å². The van der Waals surface area contributed by atoms with E-state index in [2.05, 4.69) is 4.74 Å². The van der Waals surface area contributed by atoms with E-state index in [4.69, 9.17) is 4.18 Å². The van der Waals surface area contributed by atoms with Gasteiger partial charge in [-0.15, -0.1) is 0 Å². The Morgan fingerprint density at radius 2 is 1.94 bits per heavy atom. The highest BCUT2D eigenvalue weighted by Gasteiger charge is 2.25. The van der Waals surface area contributed by atoms with E-state index < -0.39 is 21.3 Å². The van der Waals surface area contributed by atoms with Crippen molar-refractivity contribution in [2.75, 3.05) is 13.2 Å². The molecular weight excluding hydrogens is 232 g/mol. The molecule has 0 aromatic rings. The monoisotopic (exact) mass is 252 g/mol. The van der Waals surface area contributed by atoms with E-state index in [1.165, 1.54) is 6.92 Å². The van der Waals surface area contributed by atoms with E-state index in [1.807, 2.05) is 6.92 Å². The average molecular weight is 252 g/mol. The first-order valence-electron chi connectivity index (χ1n) is 5.45. The predicted molar refractivity (Wildman–Crippen MR) is 60.5 cm³/mol. The van der Waals surface area contributed by atoms with Crippen LogP contribution >= 0.6 is 0 Å². The third-order valence-corrected chi connectivity index (χ3v) is 3.86. The lowest BCUT2D eigenvalue weighted by Crippen LogP contribution is -2.29. The van der Waals surface area contributed by atoms with Crippen LogP contribution in [-0.4, -0.2) is 32.9 Å². The van der Waals surface area contributed by atoms with Crippen molar-refractivity contribution in [3.05, 3.63) is 0 Å². The van der Waals surface area contributed by atoms with Gasteiger partial charge in [-0.3, -0.25) is 8.98 Å². The van der Waals surface area contributed by atoms with Crippen LogP contribution in [0.15, 0.2) is 0 Å². The van der Waals surface area contributed by atoms with Crippen molar-refractivity contribution in [2.24, 2.45) is 0 Å². The fourth-order valence-electron chi connectivity index (χ4n) is 1.03. The Hall–Kier alpha value is -0.620. The molecule has 6 heteroatoms. The zero-order valence-electron chi connectivity index (χ0n) is 10.1. The molecule has 0 saturated carbocycles. The lowest BCUT2D eigenvalue weighted by molar-refractivity contribution is -0.140. The molecule has 0 bridgehead atoms. The molecule has 0 aliphatic heterocycles. The Bertz CT molecular complexity index is 296. The second-order valence-corrected chi connectivity index (χ2v) is 5.39. The highest BCUT2D eigenvalue weighted by molar-refractivity contribution is 7.87. The number of ether oxygens (including phenoxy) is 1. The van der Waals surface area contributed by atoms with Gasteiger partial charge in [-0.1, -0.05) is 20.3 Å². The predicted octanol–water partition coefficient (Wildman–Crippen LogP) is 1.47. The molecule has 5 nitrogen and oxygen atoms in total. The minimum Gasteiger partial charge on any atom is -0.464 e. The zero-order valence-corrected chi connectivity index (χ0v) is 10.9. The molecular formula is C10H20O5S. The largest absolute Gasteiger partial charge is 0.464 e. The number of rotatable bonds is 8. The van der Waals surface area contributed by atoms with Crippen molar-refractivity contribution in [2.45, 2.75) is 45.3 Å². The summed E-state index contributed by atoms with van der Waals surface area (Å²) in [5, 5.41) is -0.770. The number of hydrogen-bond acceptors (Lipinski definition) is 5. The molecule has 0 radical (unpaired) electrons. The molecule has 0 N–H and O–H groups in total. The topological polar surface area (TPSA) is 69.7 Å². The summed E-state index contributed by atoms with van der Waals surface area (Å²) in [5.74, 6) is -0.484. The van der Waals surface area contributed by atoms with Crippen LogP contribution < -0.4 is 0 Å². The van der Waals surface area contributed by atoms with Gasteiger partial charge in [0, 0.05) is 6.92 Å². The molecule has 0 aromatic heterocycles. The first kappa shape index (κ1) is 15.4. The van der Waals surface area contributed by atoms with Crippen LogP contribution in [0.1, 0.15) is 40.0 Å². The number of carbonyl (C=O) groups is 1. The molecule has 0 saturated heterocycles. The minimum absolute atomic E-state index is 0.139. The summed E-state index contributed by atoms with van der Waals surface area (Å²) in [7, 11) is -3.62. The normalized spacial score (nSPS) is 13.4. The van der Waals surface area contributed by atoms with Crippen LogP contribution in [-0.2, 0) is 23.8 Å². The molecule has 0 heterocycles. The molecule has 0 rings (SSSR count). The third kappa shape index (κ3) is 6.07. The number of carbonyl (C=O) groups excluding carboxylic acids is 1. The maximum atomic E-state index is 11.6. The Kier molecular flexibility index (Phi) is 7.33. The average Bonchev–Trinajstić information content (AvgIpc) is 2.18. The van der Waals surface area contributed by atoms with E-state index in [-0.39, 0.29) is 13.2 Å². The fourth-order valence-corrected chi connectivity index (χ4v) is 2.22. The lowest BCUT2D eigenvalue weighted by Gasteiger charge is -2.15. The highest BCUT2D eigenvalue weighted by Crippen LogP contribution is 2.10. The summed E-state index contributed by atoms with van der Waals surface area (Å²) in [6.45, 7) is 4.97. The van der Waals surface area contributed by atoms with Crippen molar-refractivity contribution in [3.63, 3.8) is 0 Å². The van der Waals surface area contributed by atoms with Crippen molar-refractivity contribution in [3.8, 4) is 0 Å². The number of hydrogen-bond donors (Lipinski definition) is 0. The van der Waals surface area contributed by atoms with Gasteiger partial charge < -0.3 is 4.74 Å². The Labute approximate surface area is 97.2 Å². The van der Waals surface area contributed by atoms with Crippen LogP contribution in [0.2, 0.25) is 0 Å². The van der Waals surface area contributed by atoms with Gasteiger partial charge in [-0.2, -0.15) is 8.42 Å². The second-order valence-electron chi connectivity index (χ2n) is 3.50. The molecule has 96 valence electrons. The SMILES string of the molecule is CCCCOS(=O)(=O)C(CC)COC(C)=O. The first-order chi connectivity index (χ1) is 7.44. The summed E-state index contributed by atoms with van der Waals surface area (Å²) < 4.78 is 32.8. The maximum absolute atomic E-state index is 11.6. The summed E-state index contributed by atoms with van der Waals surface area (Å²) >= 11 is 0. The van der Waals surface area contributed by atoms with Crippen molar-refractivity contribution in [1.29, 1.82) is 0 Å². The molecule has 1 unspecified atom stereocenters. The van der Waals surface area contributed by atoms with Crippen LogP contribution in [0.3, 0.4) is 0 Å². The van der Waals surface area contributed by atoms with Crippen LogP contribution in [0, 0.1) is 0 Å². The molecule has 1 atom stereocenters. The van der Waals surface area contributed by atoms with Gasteiger partial charge in [0.15, 0.2) is 0 Å². The highest BCUT2D eigenvalue weighted by atomic mass is 32.2. The lowest BCUT2D eigenvalue weighted by atomic mass is 10.3. The summed E-state index contributed by atoms with van der Waals surface area (Å²) in [6, 6.07) is 0.